The van der Waals surface area contributed by atoms with Gasteiger partial charge in [-0.2, -0.15) is 0 Å². The van der Waals surface area contributed by atoms with E-state index in [1.54, 1.807) is 30.3 Å². The Morgan fingerprint density at radius 2 is 1.74 bits per heavy atom. The Hall–Kier alpha value is -2.60. The van der Waals surface area contributed by atoms with Crippen LogP contribution in [0.4, 0.5) is 11.4 Å². The summed E-state index contributed by atoms with van der Waals surface area (Å²) in [7, 11) is 4.49. The molecule has 6 nitrogen and oxygen atoms in total. The van der Waals surface area contributed by atoms with Gasteiger partial charge in [0.1, 0.15) is 22.8 Å². The number of nitrogen functional groups attached to an aromatic ring is 1. The molecule has 7 heteroatoms. The molecular weight excluding hydrogens is 320 g/mol. The van der Waals surface area contributed by atoms with Crippen molar-refractivity contribution in [2.45, 2.75) is 0 Å². The van der Waals surface area contributed by atoms with E-state index in [1.165, 1.54) is 21.3 Å². The van der Waals surface area contributed by atoms with Crippen molar-refractivity contribution in [3.05, 3.63) is 40.9 Å². The number of methoxy groups -OCH3 is 3. The highest BCUT2D eigenvalue weighted by Gasteiger charge is 2.19. The van der Waals surface area contributed by atoms with Crippen LogP contribution < -0.4 is 25.3 Å². The number of rotatable bonds is 5. The first-order chi connectivity index (χ1) is 11.0. The third-order valence-electron chi connectivity index (χ3n) is 3.21. The van der Waals surface area contributed by atoms with Gasteiger partial charge in [-0.15, -0.1) is 0 Å². The topological polar surface area (TPSA) is 82.8 Å². The molecule has 0 fully saturated rings. The van der Waals surface area contributed by atoms with Crippen molar-refractivity contribution in [1.82, 2.24) is 0 Å². The molecule has 0 atom stereocenters. The number of ether oxygens (including phenoxy) is 3. The van der Waals surface area contributed by atoms with Gasteiger partial charge in [-0.1, -0.05) is 11.6 Å². The van der Waals surface area contributed by atoms with Gasteiger partial charge in [0.25, 0.3) is 5.91 Å². The van der Waals surface area contributed by atoms with Crippen LogP contribution in [0.15, 0.2) is 30.3 Å². The molecule has 0 spiro atoms. The van der Waals surface area contributed by atoms with E-state index in [1.807, 2.05) is 0 Å². The van der Waals surface area contributed by atoms with Crippen LogP contribution in [0, 0.1) is 0 Å². The first kappa shape index (κ1) is 16.8. The van der Waals surface area contributed by atoms with E-state index in [-0.39, 0.29) is 11.3 Å². The Balaban J connectivity index is 2.34. The van der Waals surface area contributed by atoms with E-state index in [0.29, 0.717) is 28.0 Å². The molecule has 0 saturated heterocycles. The van der Waals surface area contributed by atoms with Gasteiger partial charge in [0.05, 0.1) is 37.7 Å². The van der Waals surface area contributed by atoms with Gasteiger partial charge in [0, 0.05) is 18.2 Å². The van der Waals surface area contributed by atoms with Gasteiger partial charge >= 0.3 is 0 Å². The molecule has 0 unspecified atom stereocenters. The molecule has 2 aromatic carbocycles. The van der Waals surface area contributed by atoms with Crippen LogP contribution in [0.1, 0.15) is 10.4 Å². The Morgan fingerprint density at radius 3 is 2.30 bits per heavy atom. The van der Waals surface area contributed by atoms with Gasteiger partial charge in [-0.25, -0.2) is 0 Å². The lowest BCUT2D eigenvalue weighted by atomic mass is 10.1. The molecule has 0 saturated carbocycles. The molecule has 1 amide bonds. The summed E-state index contributed by atoms with van der Waals surface area (Å²) in [4.78, 5) is 12.5. The van der Waals surface area contributed by atoms with Gasteiger partial charge in [-0.3, -0.25) is 4.79 Å². The van der Waals surface area contributed by atoms with Crippen molar-refractivity contribution >= 4 is 28.9 Å². The summed E-state index contributed by atoms with van der Waals surface area (Å²) >= 11 is 6.12. The third-order valence-corrected chi connectivity index (χ3v) is 3.53. The van der Waals surface area contributed by atoms with Gasteiger partial charge < -0.3 is 25.3 Å². The Kier molecular flexibility index (Phi) is 5.18. The normalized spacial score (nSPS) is 10.1. The fourth-order valence-corrected chi connectivity index (χ4v) is 2.26. The number of hydrogen-bond donors (Lipinski definition) is 2. The molecular formula is C16H17ClN2O4. The first-order valence-electron chi connectivity index (χ1n) is 6.66. The predicted molar refractivity (Wildman–Crippen MR) is 89.9 cm³/mol. The van der Waals surface area contributed by atoms with Crippen molar-refractivity contribution in [3.63, 3.8) is 0 Å². The average Bonchev–Trinajstić information content (AvgIpc) is 2.55. The fraction of sp³-hybridized carbons (Fsp3) is 0.188. The lowest BCUT2D eigenvalue weighted by Gasteiger charge is -2.14. The van der Waals surface area contributed by atoms with E-state index in [9.17, 15) is 4.79 Å². The van der Waals surface area contributed by atoms with Gasteiger partial charge in [0.2, 0.25) is 0 Å². The SMILES string of the molecule is COc1ccc(NC(=O)c2c(N)cc(OC)cc2OC)c(Cl)c1. The summed E-state index contributed by atoms with van der Waals surface area (Å²) in [6.45, 7) is 0. The minimum absolute atomic E-state index is 0.209. The largest absolute Gasteiger partial charge is 0.497 e. The number of anilines is 2. The Labute approximate surface area is 139 Å². The highest BCUT2D eigenvalue weighted by molar-refractivity contribution is 6.34. The maximum atomic E-state index is 12.5. The third kappa shape index (κ3) is 3.60. The number of nitrogens with one attached hydrogen (secondary N) is 1. The number of carbonyl (C=O) groups is 1. The van der Waals surface area contributed by atoms with Crippen LogP contribution in [0.2, 0.25) is 5.02 Å². The van der Waals surface area contributed by atoms with Crippen LogP contribution in [0.25, 0.3) is 0 Å². The zero-order valence-electron chi connectivity index (χ0n) is 13.0. The number of hydrogen-bond acceptors (Lipinski definition) is 5. The monoisotopic (exact) mass is 336 g/mol. The lowest BCUT2D eigenvalue weighted by molar-refractivity contribution is 0.102. The molecule has 0 heterocycles. The summed E-state index contributed by atoms with van der Waals surface area (Å²) in [6, 6.07) is 8.07. The number of carbonyl (C=O) groups excluding carboxylic acids is 1. The molecule has 2 rings (SSSR count). The van der Waals surface area contributed by atoms with Crippen molar-refractivity contribution < 1.29 is 19.0 Å². The molecule has 0 radical (unpaired) electrons. The summed E-state index contributed by atoms with van der Waals surface area (Å²) < 4.78 is 15.4. The van der Waals surface area contributed by atoms with E-state index >= 15 is 0 Å². The fourth-order valence-electron chi connectivity index (χ4n) is 2.04. The minimum Gasteiger partial charge on any atom is -0.497 e. The predicted octanol–water partition coefficient (Wildman–Crippen LogP) is 3.20. The molecule has 23 heavy (non-hydrogen) atoms. The van der Waals surface area contributed by atoms with E-state index in [4.69, 9.17) is 31.5 Å². The van der Waals surface area contributed by atoms with Crippen LogP contribution in [0.5, 0.6) is 17.2 Å². The second-order valence-corrected chi connectivity index (χ2v) is 5.00. The number of halogens is 1. The first-order valence-corrected chi connectivity index (χ1v) is 7.04. The van der Waals surface area contributed by atoms with Crippen molar-refractivity contribution in [2.75, 3.05) is 32.4 Å². The van der Waals surface area contributed by atoms with Crippen LogP contribution >= 0.6 is 11.6 Å². The maximum absolute atomic E-state index is 12.5. The molecule has 0 aliphatic carbocycles. The summed E-state index contributed by atoms with van der Waals surface area (Å²) in [5, 5.41) is 3.05. The zero-order valence-corrected chi connectivity index (χ0v) is 13.7. The smallest absolute Gasteiger partial charge is 0.261 e. The van der Waals surface area contributed by atoms with Crippen molar-refractivity contribution in [3.8, 4) is 17.2 Å². The molecule has 2 aromatic rings. The average molecular weight is 337 g/mol. The molecule has 0 aliphatic heterocycles. The van der Waals surface area contributed by atoms with E-state index in [0.717, 1.165) is 0 Å². The molecule has 0 aliphatic rings. The number of amides is 1. The second-order valence-electron chi connectivity index (χ2n) is 4.59. The highest BCUT2D eigenvalue weighted by atomic mass is 35.5. The van der Waals surface area contributed by atoms with Crippen LogP contribution in [0.3, 0.4) is 0 Å². The quantitative estimate of drug-likeness (QED) is 0.819. The number of nitrogens with two attached hydrogens (primary N) is 1. The lowest BCUT2D eigenvalue weighted by Crippen LogP contribution is -2.16. The maximum Gasteiger partial charge on any atom is 0.261 e. The zero-order chi connectivity index (χ0) is 17.0. The Morgan fingerprint density at radius 1 is 1.04 bits per heavy atom. The molecule has 122 valence electrons. The highest BCUT2D eigenvalue weighted by Crippen LogP contribution is 2.32. The summed E-state index contributed by atoms with van der Waals surface area (Å²) in [5.41, 5.74) is 6.83. The minimum atomic E-state index is -0.436. The standard InChI is InChI=1S/C16H17ClN2O4/c1-21-9-4-5-13(11(17)6-9)19-16(20)15-12(18)7-10(22-2)8-14(15)23-3/h4-8H,18H2,1-3H3,(H,19,20). The molecule has 0 bridgehead atoms. The van der Waals surface area contributed by atoms with Crippen molar-refractivity contribution in [1.29, 1.82) is 0 Å². The number of benzene rings is 2. The molecule has 3 N–H and O–H groups in total. The second kappa shape index (κ2) is 7.11. The Bertz CT molecular complexity index is 734. The van der Waals surface area contributed by atoms with Crippen LogP contribution in [-0.2, 0) is 0 Å². The van der Waals surface area contributed by atoms with Crippen LogP contribution in [-0.4, -0.2) is 27.2 Å². The molecule has 0 aromatic heterocycles. The van der Waals surface area contributed by atoms with E-state index in [2.05, 4.69) is 5.32 Å². The van der Waals surface area contributed by atoms with E-state index < -0.39 is 5.91 Å². The van der Waals surface area contributed by atoms with Gasteiger partial charge in [0.15, 0.2) is 0 Å². The van der Waals surface area contributed by atoms with Crippen molar-refractivity contribution in [2.24, 2.45) is 0 Å². The summed E-state index contributed by atoms with van der Waals surface area (Å²) in [6.07, 6.45) is 0. The van der Waals surface area contributed by atoms with Gasteiger partial charge in [-0.05, 0) is 12.1 Å². The summed E-state index contributed by atoms with van der Waals surface area (Å²) in [5.74, 6) is 0.964.